The highest BCUT2D eigenvalue weighted by molar-refractivity contribution is 8.76. The standard InChI is InChI=1S/C32H66O2S2/c33-29-25-21-17-13-9-5-1-3-7-11-15-19-23-27-31-35-36-32-28-24-20-16-12-8-4-2-6-10-14-18-22-26-30-34/h33-34H,1-32H2. The summed E-state index contributed by atoms with van der Waals surface area (Å²) in [5, 5.41) is 17.5. The van der Waals surface area contributed by atoms with Crippen LogP contribution in [0.25, 0.3) is 0 Å². The van der Waals surface area contributed by atoms with Gasteiger partial charge in [-0.25, -0.2) is 0 Å². The molecule has 0 rings (SSSR count). The van der Waals surface area contributed by atoms with E-state index in [2.05, 4.69) is 21.6 Å². The van der Waals surface area contributed by atoms with Crippen LogP contribution in [0, 0.1) is 0 Å². The molecule has 2 N–H and O–H groups in total. The average molecular weight is 547 g/mol. The van der Waals surface area contributed by atoms with Crippen molar-refractivity contribution in [1.82, 2.24) is 0 Å². The molecule has 0 amide bonds. The highest BCUT2D eigenvalue weighted by atomic mass is 33.1. The molecule has 0 aromatic rings. The molecule has 0 saturated carbocycles. The Bertz CT molecular complexity index is 334. The zero-order chi connectivity index (χ0) is 26.0. The van der Waals surface area contributed by atoms with Crippen LogP contribution in [0.2, 0.25) is 0 Å². The summed E-state index contributed by atoms with van der Waals surface area (Å²) >= 11 is 0. The van der Waals surface area contributed by atoms with E-state index in [9.17, 15) is 0 Å². The first-order valence-corrected chi connectivity index (χ1v) is 18.9. The van der Waals surface area contributed by atoms with E-state index in [1.54, 1.807) is 0 Å². The fourth-order valence-corrected chi connectivity index (χ4v) is 7.20. The number of unbranched alkanes of at least 4 members (excludes halogenated alkanes) is 26. The molecule has 0 aromatic carbocycles. The molecular weight excluding hydrogens is 480 g/mol. The summed E-state index contributed by atoms with van der Waals surface area (Å²) in [7, 11) is 4.24. The molecule has 0 fully saturated rings. The maximum absolute atomic E-state index is 8.77. The third kappa shape index (κ3) is 34.6. The molecule has 0 spiro atoms. The zero-order valence-corrected chi connectivity index (χ0v) is 26.0. The van der Waals surface area contributed by atoms with Gasteiger partial charge >= 0.3 is 0 Å². The van der Waals surface area contributed by atoms with E-state index < -0.39 is 0 Å². The Balaban J connectivity index is 3.00. The first kappa shape index (κ1) is 36.6. The normalized spacial score (nSPS) is 11.5. The van der Waals surface area contributed by atoms with Gasteiger partial charge in [0.1, 0.15) is 0 Å². The maximum Gasteiger partial charge on any atom is 0.0431 e. The van der Waals surface area contributed by atoms with E-state index in [4.69, 9.17) is 10.2 Å². The topological polar surface area (TPSA) is 40.5 Å². The van der Waals surface area contributed by atoms with Crippen molar-refractivity contribution in [3.63, 3.8) is 0 Å². The summed E-state index contributed by atoms with van der Waals surface area (Å²) < 4.78 is 0. The van der Waals surface area contributed by atoms with Crippen LogP contribution >= 0.6 is 21.6 Å². The predicted molar refractivity (Wildman–Crippen MR) is 168 cm³/mol. The molecule has 0 aliphatic heterocycles. The summed E-state index contributed by atoms with van der Waals surface area (Å²) in [4.78, 5) is 0. The van der Waals surface area contributed by atoms with Crippen molar-refractivity contribution < 1.29 is 10.2 Å². The van der Waals surface area contributed by atoms with Gasteiger partial charge in [-0.05, 0) is 25.7 Å². The number of hydrogen-bond donors (Lipinski definition) is 2. The Kier molecular flexibility index (Phi) is 36.2. The van der Waals surface area contributed by atoms with Crippen LogP contribution < -0.4 is 0 Å². The summed E-state index contributed by atoms with van der Waals surface area (Å²) in [6.07, 6.45) is 38.4. The molecule has 0 heterocycles. The lowest BCUT2D eigenvalue weighted by Gasteiger charge is -2.04. The van der Waals surface area contributed by atoms with Crippen LogP contribution in [-0.2, 0) is 0 Å². The maximum atomic E-state index is 8.77. The second-order valence-electron chi connectivity index (χ2n) is 11.0. The van der Waals surface area contributed by atoms with Gasteiger partial charge in [0.15, 0.2) is 0 Å². The van der Waals surface area contributed by atoms with E-state index >= 15 is 0 Å². The van der Waals surface area contributed by atoms with Crippen molar-refractivity contribution in [2.24, 2.45) is 0 Å². The number of aliphatic hydroxyl groups is 2. The first-order valence-electron chi connectivity index (χ1n) is 16.4. The van der Waals surface area contributed by atoms with Crippen LogP contribution in [0.15, 0.2) is 0 Å². The molecule has 2 nitrogen and oxygen atoms in total. The third-order valence-electron chi connectivity index (χ3n) is 7.35. The highest BCUT2D eigenvalue weighted by Crippen LogP contribution is 2.25. The lowest BCUT2D eigenvalue weighted by atomic mass is 10.0. The molecule has 0 radical (unpaired) electrons. The Morgan fingerprint density at radius 3 is 0.583 bits per heavy atom. The minimum Gasteiger partial charge on any atom is -0.396 e. The lowest BCUT2D eigenvalue weighted by molar-refractivity contribution is 0.282. The van der Waals surface area contributed by atoms with Crippen LogP contribution in [0.3, 0.4) is 0 Å². The SMILES string of the molecule is OCCCCCCCCCCCCCCCCSSCCCCCCCCCCCCCCCCO. The molecule has 0 atom stereocenters. The largest absolute Gasteiger partial charge is 0.396 e. The van der Waals surface area contributed by atoms with E-state index in [-0.39, 0.29) is 0 Å². The Morgan fingerprint density at radius 1 is 0.222 bits per heavy atom. The van der Waals surface area contributed by atoms with Crippen molar-refractivity contribution in [3.05, 3.63) is 0 Å². The van der Waals surface area contributed by atoms with E-state index in [1.807, 2.05) is 0 Å². The molecule has 0 aliphatic rings. The fourth-order valence-electron chi connectivity index (χ4n) is 4.91. The van der Waals surface area contributed by atoms with E-state index in [1.165, 1.54) is 178 Å². The van der Waals surface area contributed by atoms with Crippen molar-refractivity contribution in [3.8, 4) is 0 Å². The second kappa shape index (κ2) is 35.6. The van der Waals surface area contributed by atoms with Gasteiger partial charge in [0.2, 0.25) is 0 Å². The van der Waals surface area contributed by atoms with Gasteiger partial charge in [0.25, 0.3) is 0 Å². The van der Waals surface area contributed by atoms with Gasteiger partial charge in [-0.3, -0.25) is 0 Å². The first-order chi connectivity index (χ1) is 17.9. The molecule has 0 aromatic heterocycles. The van der Waals surface area contributed by atoms with Crippen LogP contribution in [-0.4, -0.2) is 34.9 Å². The average Bonchev–Trinajstić information content (AvgIpc) is 2.89. The number of hydrogen-bond acceptors (Lipinski definition) is 4. The highest BCUT2D eigenvalue weighted by Gasteiger charge is 1.97. The predicted octanol–water partition coefficient (Wildman–Crippen LogP) is 11.3. The number of rotatable bonds is 33. The van der Waals surface area contributed by atoms with Gasteiger partial charge in [-0.1, -0.05) is 176 Å². The summed E-state index contributed by atoms with van der Waals surface area (Å²) in [6, 6.07) is 0. The molecule has 0 unspecified atom stereocenters. The number of aliphatic hydroxyl groups excluding tert-OH is 2. The van der Waals surface area contributed by atoms with Gasteiger partial charge in [0.05, 0.1) is 0 Å². The Labute approximate surface area is 235 Å². The van der Waals surface area contributed by atoms with Gasteiger partial charge in [-0.15, -0.1) is 0 Å². The quantitative estimate of drug-likeness (QED) is 0.0634. The smallest absolute Gasteiger partial charge is 0.0431 e. The second-order valence-corrected chi connectivity index (χ2v) is 13.7. The summed E-state index contributed by atoms with van der Waals surface area (Å²) in [5.74, 6) is 2.71. The van der Waals surface area contributed by atoms with Crippen LogP contribution in [0.5, 0.6) is 0 Å². The fraction of sp³-hybridized carbons (Fsp3) is 1.00. The molecule has 0 aliphatic carbocycles. The minimum atomic E-state index is 0.369. The van der Waals surface area contributed by atoms with Crippen LogP contribution in [0.4, 0.5) is 0 Å². The van der Waals surface area contributed by atoms with Crippen molar-refractivity contribution in [2.45, 2.75) is 180 Å². The summed E-state index contributed by atoms with van der Waals surface area (Å²) in [5.41, 5.74) is 0. The van der Waals surface area contributed by atoms with Crippen LogP contribution in [0.1, 0.15) is 180 Å². The summed E-state index contributed by atoms with van der Waals surface area (Å²) in [6.45, 7) is 0.738. The molecule has 4 heteroatoms. The molecular formula is C32H66O2S2. The van der Waals surface area contributed by atoms with Gasteiger partial charge < -0.3 is 10.2 Å². The molecule has 36 heavy (non-hydrogen) atoms. The zero-order valence-electron chi connectivity index (χ0n) is 24.3. The lowest BCUT2D eigenvalue weighted by Crippen LogP contribution is -1.85. The monoisotopic (exact) mass is 546 g/mol. The molecule has 218 valence electrons. The molecule has 0 saturated heterocycles. The van der Waals surface area contributed by atoms with Gasteiger partial charge in [0, 0.05) is 24.7 Å². The third-order valence-corrected chi connectivity index (χ3v) is 9.93. The molecule has 0 bridgehead atoms. The van der Waals surface area contributed by atoms with Crippen molar-refractivity contribution in [2.75, 3.05) is 24.7 Å². The van der Waals surface area contributed by atoms with Crippen molar-refractivity contribution in [1.29, 1.82) is 0 Å². The van der Waals surface area contributed by atoms with Crippen molar-refractivity contribution >= 4 is 21.6 Å². The Morgan fingerprint density at radius 2 is 0.389 bits per heavy atom. The minimum absolute atomic E-state index is 0.369. The van der Waals surface area contributed by atoms with E-state index in [0.717, 1.165) is 12.8 Å². The Hall–Kier alpha value is 0.620. The van der Waals surface area contributed by atoms with Gasteiger partial charge in [-0.2, -0.15) is 0 Å². The van der Waals surface area contributed by atoms with E-state index in [0.29, 0.717) is 13.2 Å².